The normalized spacial score (nSPS) is 15.8. The molecular weight excluding hydrogens is 342 g/mol. The second-order valence-electron chi connectivity index (χ2n) is 5.36. The van der Waals surface area contributed by atoms with Gasteiger partial charge in [-0.3, -0.25) is 14.5 Å². The first-order valence-corrected chi connectivity index (χ1v) is 8.12. The van der Waals surface area contributed by atoms with E-state index >= 15 is 0 Å². The summed E-state index contributed by atoms with van der Waals surface area (Å²) in [6, 6.07) is 12.4. The third kappa shape index (κ3) is 3.72. The van der Waals surface area contributed by atoms with Crippen molar-refractivity contribution in [3.63, 3.8) is 0 Å². The third-order valence-corrected chi connectivity index (χ3v) is 4.49. The highest BCUT2D eigenvalue weighted by atomic mass is 32.2. The lowest BCUT2D eigenvalue weighted by Gasteiger charge is -2.12. The number of phenols is 1. The Labute approximate surface area is 147 Å². The standard InChI is InChI=1S/C18H13NO5S/c20-14-6-4-11(5-7-14)9-15-16(21)19(18(24)25-15)10-12-2-1-3-13(8-12)17(22)23/h1-9,20H,10H2,(H,22,23)/b15-9+. The molecule has 2 aromatic carbocycles. The summed E-state index contributed by atoms with van der Waals surface area (Å²) in [6.45, 7) is 0.0126. The van der Waals surface area contributed by atoms with Crippen LogP contribution in [0.4, 0.5) is 4.79 Å². The molecular formula is C18H13NO5S. The fourth-order valence-corrected chi connectivity index (χ4v) is 3.18. The van der Waals surface area contributed by atoms with E-state index in [-0.39, 0.29) is 22.8 Å². The van der Waals surface area contributed by atoms with Crippen molar-refractivity contribution in [3.8, 4) is 5.75 Å². The number of carbonyl (C=O) groups is 3. The molecule has 2 aromatic rings. The van der Waals surface area contributed by atoms with Crippen LogP contribution in [0.2, 0.25) is 0 Å². The highest BCUT2D eigenvalue weighted by molar-refractivity contribution is 8.18. The highest BCUT2D eigenvalue weighted by Gasteiger charge is 2.35. The lowest BCUT2D eigenvalue weighted by atomic mass is 10.1. The molecule has 1 heterocycles. The molecule has 2 N–H and O–H groups in total. The Morgan fingerprint density at radius 3 is 2.52 bits per heavy atom. The van der Waals surface area contributed by atoms with Gasteiger partial charge in [-0.05, 0) is 53.2 Å². The molecule has 0 bridgehead atoms. The lowest BCUT2D eigenvalue weighted by Crippen LogP contribution is -2.27. The average Bonchev–Trinajstić information content (AvgIpc) is 2.85. The number of amides is 2. The number of carboxylic acid groups (broad SMARTS) is 1. The van der Waals surface area contributed by atoms with Gasteiger partial charge in [0.15, 0.2) is 0 Å². The van der Waals surface area contributed by atoms with Gasteiger partial charge in [-0.2, -0.15) is 0 Å². The van der Waals surface area contributed by atoms with Crippen LogP contribution in [0.25, 0.3) is 6.08 Å². The van der Waals surface area contributed by atoms with E-state index in [0.717, 1.165) is 16.7 Å². The van der Waals surface area contributed by atoms with Gasteiger partial charge in [-0.25, -0.2) is 4.79 Å². The second kappa shape index (κ2) is 6.82. The van der Waals surface area contributed by atoms with E-state index in [1.54, 1.807) is 30.3 Å². The number of carbonyl (C=O) groups excluding carboxylic acids is 2. The highest BCUT2D eigenvalue weighted by Crippen LogP contribution is 2.33. The maximum Gasteiger partial charge on any atom is 0.335 e. The van der Waals surface area contributed by atoms with E-state index in [1.165, 1.54) is 24.3 Å². The molecule has 1 aliphatic heterocycles. The van der Waals surface area contributed by atoms with Gasteiger partial charge in [0.2, 0.25) is 0 Å². The Kier molecular flexibility index (Phi) is 4.58. The Balaban J connectivity index is 1.81. The predicted octanol–water partition coefficient (Wildman–Crippen LogP) is 3.33. The Hall–Kier alpha value is -3.06. The summed E-state index contributed by atoms with van der Waals surface area (Å²) in [4.78, 5) is 37.0. The van der Waals surface area contributed by atoms with Gasteiger partial charge in [-0.15, -0.1) is 0 Å². The SMILES string of the molecule is O=C(O)c1cccc(CN2C(=O)S/C(=C/c3ccc(O)cc3)C2=O)c1. The van der Waals surface area contributed by atoms with Crippen LogP contribution in [0.5, 0.6) is 5.75 Å². The first-order chi connectivity index (χ1) is 11.9. The molecule has 25 heavy (non-hydrogen) atoms. The molecule has 6 nitrogen and oxygen atoms in total. The molecule has 0 unspecified atom stereocenters. The van der Waals surface area contributed by atoms with Crippen LogP contribution in [-0.4, -0.2) is 32.2 Å². The van der Waals surface area contributed by atoms with E-state index in [9.17, 15) is 19.5 Å². The van der Waals surface area contributed by atoms with Gasteiger partial charge in [0.05, 0.1) is 17.0 Å². The summed E-state index contributed by atoms with van der Waals surface area (Å²) in [6.07, 6.45) is 1.58. The number of aromatic hydroxyl groups is 1. The summed E-state index contributed by atoms with van der Waals surface area (Å²) in [7, 11) is 0. The van der Waals surface area contributed by atoms with Crippen LogP contribution >= 0.6 is 11.8 Å². The molecule has 1 fully saturated rings. The first-order valence-electron chi connectivity index (χ1n) is 7.30. The Morgan fingerprint density at radius 1 is 1.12 bits per heavy atom. The third-order valence-electron chi connectivity index (χ3n) is 3.58. The maximum absolute atomic E-state index is 12.5. The Bertz CT molecular complexity index is 889. The van der Waals surface area contributed by atoms with Crippen LogP contribution in [0.15, 0.2) is 53.4 Å². The van der Waals surface area contributed by atoms with Gasteiger partial charge in [-0.1, -0.05) is 24.3 Å². The number of thioether (sulfide) groups is 1. The fourth-order valence-electron chi connectivity index (χ4n) is 2.34. The molecule has 7 heteroatoms. The number of rotatable bonds is 4. The largest absolute Gasteiger partial charge is 0.508 e. The molecule has 3 rings (SSSR count). The van der Waals surface area contributed by atoms with E-state index in [0.29, 0.717) is 11.1 Å². The summed E-state index contributed by atoms with van der Waals surface area (Å²) >= 11 is 0.830. The minimum atomic E-state index is -1.07. The van der Waals surface area contributed by atoms with Crippen LogP contribution in [-0.2, 0) is 11.3 Å². The summed E-state index contributed by atoms with van der Waals surface area (Å²) < 4.78 is 0. The van der Waals surface area contributed by atoms with Crippen LogP contribution in [0.1, 0.15) is 21.5 Å². The van der Waals surface area contributed by atoms with Crippen molar-refractivity contribution in [2.75, 3.05) is 0 Å². The van der Waals surface area contributed by atoms with Crippen LogP contribution in [0.3, 0.4) is 0 Å². The zero-order valence-corrected chi connectivity index (χ0v) is 13.7. The van der Waals surface area contributed by atoms with Gasteiger partial charge >= 0.3 is 5.97 Å². The molecule has 0 spiro atoms. The zero-order chi connectivity index (χ0) is 18.0. The minimum Gasteiger partial charge on any atom is -0.508 e. The number of hydrogen-bond donors (Lipinski definition) is 2. The number of benzene rings is 2. The molecule has 1 aliphatic rings. The predicted molar refractivity (Wildman–Crippen MR) is 93.0 cm³/mol. The lowest BCUT2D eigenvalue weighted by molar-refractivity contribution is -0.123. The number of phenolic OH excluding ortho intramolecular Hbond substituents is 1. The van der Waals surface area contributed by atoms with Crippen molar-refractivity contribution in [3.05, 3.63) is 70.1 Å². The van der Waals surface area contributed by atoms with Crippen LogP contribution in [0, 0.1) is 0 Å². The summed E-state index contributed by atoms with van der Waals surface area (Å²) in [5.41, 5.74) is 1.35. The minimum absolute atomic E-state index is 0.0126. The van der Waals surface area contributed by atoms with Crippen molar-refractivity contribution in [1.82, 2.24) is 4.90 Å². The molecule has 0 radical (unpaired) electrons. The molecule has 1 saturated heterocycles. The average molecular weight is 355 g/mol. The van der Waals surface area contributed by atoms with Crippen LogP contribution < -0.4 is 0 Å². The number of aromatic carboxylic acids is 1. The molecule has 0 aromatic heterocycles. The van der Waals surface area contributed by atoms with Crippen molar-refractivity contribution < 1.29 is 24.6 Å². The number of nitrogens with zero attached hydrogens (tertiary/aromatic N) is 1. The van der Waals surface area contributed by atoms with Gasteiger partial charge in [0.1, 0.15) is 5.75 Å². The van der Waals surface area contributed by atoms with Gasteiger partial charge in [0, 0.05) is 0 Å². The maximum atomic E-state index is 12.5. The number of carboxylic acids is 1. The topological polar surface area (TPSA) is 94.9 Å². The molecule has 2 amide bonds. The summed E-state index contributed by atoms with van der Waals surface area (Å²) in [5.74, 6) is -1.38. The van der Waals surface area contributed by atoms with E-state index in [2.05, 4.69) is 0 Å². The first kappa shape index (κ1) is 16.8. The van der Waals surface area contributed by atoms with Crippen molar-refractivity contribution in [2.24, 2.45) is 0 Å². The van der Waals surface area contributed by atoms with E-state index < -0.39 is 17.1 Å². The number of imide groups is 1. The smallest absolute Gasteiger partial charge is 0.335 e. The molecule has 126 valence electrons. The zero-order valence-electron chi connectivity index (χ0n) is 12.9. The van der Waals surface area contributed by atoms with Gasteiger partial charge < -0.3 is 10.2 Å². The molecule has 0 saturated carbocycles. The van der Waals surface area contributed by atoms with E-state index in [1.807, 2.05) is 0 Å². The van der Waals surface area contributed by atoms with Crippen molar-refractivity contribution >= 4 is 35.0 Å². The fraction of sp³-hybridized carbons (Fsp3) is 0.0556. The molecule has 0 atom stereocenters. The summed E-state index contributed by atoms with van der Waals surface area (Å²) in [5, 5.41) is 17.9. The van der Waals surface area contributed by atoms with Crippen molar-refractivity contribution in [1.29, 1.82) is 0 Å². The van der Waals surface area contributed by atoms with Crippen molar-refractivity contribution in [2.45, 2.75) is 6.54 Å². The second-order valence-corrected chi connectivity index (χ2v) is 6.36. The van der Waals surface area contributed by atoms with E-state index in [4.69, 9.17) is 5.11 Å². The quantitative estimate of drug-likeness (QED) is 0.817. The molecule has 0 aliphatic carbocycles. The Morgan fingerprint density at radius 2 is 1.84 bits per heavy atom. The monoisotopic (exact) mass is 355 g/mol. The number of hydrogen-bond acceptors (Lipinski definition) is 5. The van der Waals surface area contributed by atoms with Gasteiger partial charge in [0.25, 0.3) is 11.1 Å².